The molecule has 3 aromatic rings. The smallest absolute Gasteiger partial charge is 0.347 e. The maximum atomic E-state index is 12.9. The number of alkyl halides is 3. The monoisotopic (exact) mass is 415 g/mol. The zero-order valence-corrected chi connectivity index (χ0v) is 17.3. The molecule has 2 aromatic carbocycles. The predicted octanol–water partition coefficient (Wildman–Crippen LogP) is 5.78. The molecule has 1 amide bonds. The van der Waals surface area contributed by atoms with E-state index in [-0.39, 0.29) is 5.91 Å². The molecule has 7 heteroatoms. The first-order valence-corrected chi connectivity index (χ1v) is 9.65. The molecule has 0 saturated carbocycles. The molecule has 0 radical (unpaired) electrons. The average molecular weight is 415 g/mol. The van der Waals surface area contributed by atoms with Crippen molar-refractivity contribution in [3.8, 4) is 22.4 Å². The number of carbonyl (C=O) groups excluding carboxylic acids is 1. The van der Waals surface area contributed by atoms with Crippen LogP contribution in [-0.4, -0.2) is 21.2 Å². The van der Waals surface area contributed by atoms with E-state index in [1.54, 1.807) is 23.0 Å². The molecule has 30 heavy (non-hydrogen) atoms. The van der Waals surface area contributed by atoms with Crippen LogP contribution in [0.25, 0.3) is 22.4 Å². The van der Waals surface area contributed by atoms with Crippen LogP contribution in [-0.2, 0) is 12.7 Å². The van der Waals surface area contributed by atoms with E-state index in [1.807, 2.05) is 39.8 Å². The lowest BCUT2D eigenvalue weighted by molar-refractivity contribution is -0.137. The molecule has 1 heterocycles. The van der Waals surface area contributed by atoms with Crippen LogP contribution in [0.3, 0.4) is 0 Å². The minimum atomic E-state index is -4.40. The van der Waals surface area contributed by atoms with Gasteiger partial charge < -0.3 is 5.32 Å². The number of amides is 1. The lowest BCUT2D eigenvalue weighted by atomic mass is 9.96. The van der Waals surface area contributed by atoms with E-state index in [0.29, 0.717) is 23.2 Å². The number of hydrogen-bond donors (Lipinski definition) is 1. The first kappa shape index (κ1) is 21.6. The first-order chi connectivity index (χ1) is 14.0. The van der Waals surface area contributed by atoms with E-state index in [9.17, 15) is 18.0 Å². The van der Waals surface area contributed by atoms with Gasteiger partial charge in [-0.15, -0.1) is 0 Å². The van der Waals surface area contributed by atoms with Gasteiger partial charge in [-0.25, -0.2) is 0 Å². The number of benzene rings is 2. The Kier molecular flexibility index (Phi) is 5.74. The van der Waals surface area contributed by atoms with Crippen LogP contribution in [0.2, 0.25) is 0 Å². The first-order valence-electron chi connectivity index (χ1n) is 9.65. The topological polar surface area (TPSA) is 46.9 Å². The minimum Gasteiger partial charge on any atom is -0.347 e. The molecular formula is C23H24F3N3O. The number of aromatic nitrogens is 2. The molecule has 0 aliphatic rings. The quantitative estimate of drug-likeness (QED) is 0.587. The fraction of sp³-hybridized carbons (Fsp3) is 0.304. The van der Waals surface area contributed by atoms with Gasteiger partial charge in [-0.05, 0) is 75.2 Å². The standard InChI is InChI=1S/C23H24F3N3O/c1-5-29-20(10-11-27-29)17-12-16(13-18(14-17)21(30)28-22(2,3)4)15-6-8-19(9-7-15)23(24,25)26/h6-14H,5H2,1-4H3,(H,28,30). The number of nitrogens with zero attached hydrogens (tertiary/aromatic N) is 2. The predicted molar refractivity (Wildman–Crippen MR) is 111 cm³/mol. The third kappa shape index (κ3) is 4.90. The van der Waals surface area contributed by atoms with Crippen LogP contribution in [0.15, 0.2) is 54.7 Å². The molecule has 0 bridgehead atoms. The summed E-state index contributed by atoms with van der Waals surface area (Å²) < 4.78 is 40.6. The minimum absolute atomic E-state index is 0.250. The molecule has 4 nitrogen and oxygen atoms in total. The van der Waals surface area contributed by atoms with Gasteiger partial charge in [0.05, 0.1) is 11.3 Å². The zero-order valence-electron chi connectivity index (χ0n) is 17.3. The Morgan fingerprint density at radius 1 is 0.967 bits per heavy atom. The summed E-state index contributed by atoms with van der Waals surface area (Å²) >= 11 is 0. The van der Waals surface area contributed by atoms with Gasteiger partial charge in [-0.1, -0.05) is 12.1 Å². The number of nitrogens with one attached hydrogen (secondary N) is 1. The van der Waals surface area contributed by atoms with Crippen molar-refractivity contribution in [2.24, 2.45) is 0 Å². The largest absolute Gasteiger partial charge is 0.416 e. The third-order valence-electron chi connectivity index (χ3n) is 4.54. The SMILES string of the molecule is CCn1nccc1-c1cc(C(=O)NC(C)(C)C)cc(-c2ccc(C(F)(F)F)cc2)c1. The third-order valence-corrected chi connectivity index (χ3v) is 4.54. The van der Waals surface area contributed by atoms with Gasteiger partial charge in [0.2, 0.25) is 0 Å². The molecule has 0 unspecified atom stereocenters. The lowest BCUT2D eigenvalue weighted by Crippen LogP contribution is -2.40. The number of aryl methyl sites for hydroxylation is 1. The molecule has 0 saturated heterocycles. The van der Waals surface area contributed by atoms with Crippen molar-refractivity contribution in [1.29, 1.82) is 0 Å². The molecule has 3 rings (SSSR count). The lowest BCUT2D eigenvalue weighted by Gasteiger charge is -2.21. The van der Waals surface area contributed by atoms with E-state index >= 15 is 0 Å². The molecule has 0 fully saturated rings. The molecule has 0 spiro atoms. The highest BCUT2D eigenvalue weighted by Crippen LogP contribution is 2.33. The Labute approximate surface area is 173 Å². The highest BCUT2D eigenvalue weighted by molar-refractivity contribution is 5.97. The maximum absolute atomic E-state index is 12.9. The fourth-order valence-corrected chi connectivity index (χ4v) is 3.17. The van der Waals surface area contributed by atoms with Crippen molar-refractivity contribution >= 4 is 5.91 Å². The highest BCUT2D eigenvalue weighted by Gasteiger charge is 2.30. The van der Waals surface area contributed by atoms with Crippen LogP contribution >= 0.6 is 0 Å². The van der Waals surface area contributed by atoms with Crippen molar-refractivity contribution < 1.29 is 18.0 Å². The molecule has 1 aromatic heterocycles. The summed E-state index contributed by atoms with van der Waals surface area (Å²) in [5.74, 6) is -0.250. The van der Waals surface area contributed by atoms with E-state index < -0.39 is 17.3 Å². The number of halogens is 3. The van der Waals surface area contributed by atoms with Crippen molar-refractivity contribution in [1.82, 2.24) is 15.1 Å². The highest BCUT2D eigenvalue weighted by atomic mass is 19.4. The molecule has 0 aliphatic carbocycles. The van der Waals surface area contributed by atoms with Gasteiger partial charge in [0.1, 0.15) is 0 Å². The molecule has 0 aliphatic heterocycles. The van der Waals surface area contributed by atoms with Crippen LogP contribution < -0.4 is 5.32 Å². The van der Waals surface area contributed by atoms with Crippen LogP contribution in [0.4, 0.5) is 13.2 Å². The van der Waals surface area contributed by atoms with Gasteiger partial charge in [0, 0.05) is 29.4 Å². The van der Waals surface area contributed by atoms with Crippen LogP contribution in [0, 0.1) is 0 Å². The van der Waals surface area contributed by atoms with Gasteiger partial charge in [0.25, 0.3) is 5.91 Å². The van der Waals surface area contributed by atoms with E-state index in [0.717, 1.165) is 23.4 Å². The Bertz CT molecular complexity index is 1040. The van der Waals surface area contributed by atoms with E-state index in [2.05, 4.69) is 10.4 Å². The summed E-state index contributed by atoms with van der Waals surface area (Å²) in [6.45, 7) is 8.27. The number of carbonyl (C=O) groups is 1. The molecule has 158 valence electrons. The normalized spacial score (nSPS) is 12.1. The Morgan fingerprint density at radius 3 is 2.17 bits per heavy atom. The summed E-state index contributed by atoms with van der Waals surface area (Å²) in [4.78, 5) is 12.8. The molecular weight excluding hydrogens is 391 g/mol. The Balaban J connectivity index is 2.11. The fourth-order valence-electron chi connectivity index (χ4n) is 3.17. The van der Waals surface area contributed by atoms with Crippen LogP contribution in [0.5, 0.6) is 0 Å². The summed E-state index contributed by atoms with van der Waals surface area (Å²) in [6, 6.07) is 12.1. The van der Waals surface area contributed by atoms with Crippen LogP contribution in [0.1, 0.15) is 43.6 Å². The van der Waals surface area contributed by atoms with Crippen molar-refractivity contribution in [2.45, 2.75) is 46.0 Å². The number of hydrogen-bond acceptors (Lipinski definition) is 2. The van der Waals surface area contributed by atoms with Gasteiger partial charge in [-0.3, -0.25) is 9.48 Å². The summed E-state index contributed by atoms with van der Waals surface area (Å²) in [7, 11) is 0. The van der Waals surface area contributed by atoms with E-state index in [1.165, 1.54) is 12.1 Å². The van der Waals surface area contributed by atoms with Crippen molar-refractivity contribution in [3.05, 3.63) is 65.9 Å². The second-order valence-corrected chi connectivity index (χ2v) is 8.11. The second kappa shape index (κ2) is 7.97. The van der Waals surface area contributed by atoms with Gasteiger partial charge in [0.15, 0.2) is 0 Å². The Hall–Kier alpha value is -3.09. The average Bonchev–Trinajstić information content (AvgIpc) is 3.14. The Morgan fingerprint density at radius 2 is 1.60 bits per heavy atom. The van der Waals surface area contributed by atoms with Crippen molar-refractivity contribution in [3.63, 3.8) is 0 Å². The zero-order chi connectivity index (χ0) is 22.1. The van der Waals surface area contributed by atoms with Gasteiger partial charge >= 0.3 is 6.18 Å². The summed E-state index contributed by atoms with van der Waals surface area (Å²) in [6.07, 6.45) is -2.72. The van der Waals surface area contributed by atoms with Gasteiger partial charge in [-0.2, -0.15) is 18.3 Å². The van der Waals surface area contributed by atoms with E-state index in [4.69, 9.17) is 0 Å². The molecule has 1 N–H and O–H groups in total. The van der Waals surface area contributed by atoms with Crippen molar-refractivity contribution in [2.75, 3.05) is 0 Å². The summed E-state index contributed by atoms with van der Waals surface area (Å²) in [5.41, 5.74) is 2.15. The second-order valence-electron chi connectivity index (χ2n) is 8.11. The molecule has 0 atom stereocenters. The maximum Gasteiger partial charge on any atom is 0.416 e. The summed E-state index contributed by atoms with van der Waals surface area (Å²) in [5, 5.41) is 7.21. The number of rotatable bonds is 4.